The Bertz CT molecular complexity index is 750. The molecule has 0 unspecified atom stereocenters. The summed E-state index contributed by atoms with van der Waals surface area (Å²) in [6.45, 7) is 9.24. The number of carbonyl (C=O) groups excluding carboxylic acids is 1. The molecule has 128 valence electrons. The van der Waals surface area contributed by atoms with Gasteiger partial charge in [-0.05, 0) is 63.1 Å². The van der Waals surface area contributed by atoms with E-state index in [2.05, 4.69) is 11.9 Å². The van der Waals surface area contributed by atoms with E-state index in [0.717, 1.165) is 28.2 Å². The molecular weight excluding hydrogens is 320 g/mol. The molecule has 0 bridgehead atoms. The van der Waals surface area contributed by atoms with Gasteiger partial charge < -0.3 is 9.64 Å². The summed E-state index contributed by atoms with van der Waals surface area (Å²) in [5, 5.41) is 0. The van der Waals surface area contributed by atoms with Gasteiger partial charge >= 0.3 is 5.97 Å². The van der Waals surface area contributed by atoms with Crippen LogP contribution in [0.15, 0.2) is 29.3 Å². The van der Waals surface area contributed by atoms with Crippen molar-refractivity contribution in [2.24, 2.45) is 4.99 Å². The second-order valence-electron chi connectivity index (χ2n) is 5.79. The lowest BCUT2D eigenvalue weighted by Crippen LogP contribution is -2.14. The fraction of sp³-hybridized carbons (Fsp3) is 0.368. The maximum Gasteiger partial charge on any atom is 0.338 e. The molecule has 0 aliphatic carbocycles. The highest BCUT2D eigenvalue weighted by Crippen LogP contribution is 2.25. The van der Waals surface area contributed by atoms with Crippen LogP contribution in [-0.4, -0.2) is 30.8 Å². The van der Waals surface area contributed by atoms with E-state index in [1.165, 1.54) is 4.88 Å². The molecule has 0 saturated heterocycles. The Labute approximate surface area is 147 Å². The molecule has 0 aliphatic rings. The molecule has 0 fully saturated rings. The summed E-state index contributed by atoms with van der Waals surface area (Å²) < 4.78 is 5.44. The summed E-state index contributed by atoms with van der Waals surface area (Å²) in [6, 6.07) is 7.69. The third-order valence-electron chi connectivity index (χ3n) is 4.01. The number of benzene rings is 1. The Kier molecular flexibility index (Phi) is 6.15. The fourth-order valence-corrected chi connectivity index (χ4v) is 2.99. The van der Waals surface area contributed by atoms with Gasteiger partial charge in [-0.2, -0.15) is 0 Å². The number of rotatable bonds is 6. The summed E-state index contributed by atoms with van der Waals surface area (Å²) in [5.41, 5.74) is 3.38. The minimum absolute atomic E-state index is 0.289. The van der Waals surface area contributed by atoms with Gasteiger partial charge in [-0.3, -0.25) is 0 Å². The molecule has 2 aromatic rings. The fourth-order valence-electron chi connectivity index (χ4n) is 2.19. The lowest BCUT2D eigenvalue weighted by atomic mass is 10.0. The maximum absolute atomic E-state index is 12.4. The van der Waals surface area contributed by atoms with Crippen molar-refractivity contribution in [3.05, 3.63) is 50.7 Å². The quantitative estimate of drug-likeness (QED) is 0.435. The van der Waals surface area contributed by atoms with Gasteiger partial charge in [0.2, 0.25) is 0 Å². The molecule has 1 heterocycles. The molecule has 0 saturated carbocycles. The van der Waals surface area contributed by atoms with Crippen LogP contribution in [-0.2, 0) is 11.3 Å². The average molecular weight is 344 g/mol. The van der Waals surface area contributed by atoms with Crippen molar-refractivity contribution in [1.29, 1.82) is 0 Å². The van der Waals surface area contributed by atoms with Crippen LogP contribution in [0.2, 0.25) is 0 Å². The number of carbonyl (C=O) groups is 1. The van der Waals surface area contributed by atoms with Gasteiger partial charge in [0.1, 0.15) is 6.61 Å². The van der Waals surface area contributed by atoms with E-state index in [1.807, 2.05) is 50.9 Å². The van der Waals surface area contributed by atoms with Crippen molar-refractivity contribution in [3.8, 4) is 0 Å². The zero-order chi connectivity index (χ0) is 17.7. The lowest BCUT2D eigenvalue weighted by molar-refractivity contribution is 0.0476. The van der Waals surface area contributed by atoms with E-state index in [4.69, 9.17) is 4.74 Å². The van der Waals surface area contributed by atoms with E-state index >= 15 is 0 Å². The van der Waals surface area contributed by atoms with Crippen molar-refractivity contribution in [3.63, 3.8) is 0 Å². The van der Waals surface area contributed by atoms with Crippen molar-refractivity contribution in [1.82, 2.24) is 4.90 Å². The summed E-state index contributed by atoms with van der Waals surface area (Å²) in [6.07, 6.45) is 1.80. The minimum atomic E-state index is -0.289. The molecule has 0 amide bonds. The van der Waals surface area contributed by atoms with Crippen LogP contribution >= 0.6 is 11.3 Å². The van der Waals surface area contributed by atoms with Crippen LogP contribution in [0.1, 0.15) is 38.2 Å². The van der Waals surface area contributed by atoms with E-state index in [1.54, 1.807) is 23.7 Å². The lowest BCUT2D eigenvalue weighted by Gasteiger charge is -2.12. The minimum Gasteiger partial charge on any atom is -0.456 e. The molecular formula is C19H24N2O2S. The topological polar surface area (TPSA) is 41.9 Å². The molecule has 0 spiro atoms. The summed E-state index contributed by atoms with van der Waals surface area (Å²) in [4.78, 5) is 21.1. The molecule has 1 aromatic carbocycles. The highest BCUT2D eigenvalue weighted by molar-refractivity contribution is 7.11. The van der Waals surface area contributed by atoms with Crippen LogP contribution < -0.4 is 0 Å². The first-order chi connectivity index (χ1) is 11.4. The van der Waals surface area contributed by atoms with Crippen LogP contribution in [0.4, 0.5) is 5.69 Å². The van der Waals surface area contributed by atoms with E-state index in [9.17, 15) is 4.79 Å². The second kappa shape index (κ2) is 8.11. The van der Waals surface area contributed by atoms with Crippen LogP contribution in [0.25, 0.3) is 0 Å². The summed E-state index contributed by atoms with van der Waals surface area (Å²) in [5.74, 6) is -0.289. The Morgan fingerprint density at radius 2 is 1.96 bits per heavy atom. The van der Waals surface area contributed by atoms with Gasteiger partial charge in [-0.15, -0.1) is 11.3 Å². The first-order valence-corrected chi connectivity index (χ1v) is 8.81. The molecule has 0 atom stereocenters. The molecule has 24 heavy (non-hydrogen) atoms. The van der Waals surface area contributed by atoms with Gasteiger partial charge in [0.25, 0.3) is 0 Å². The number of aryl methyl sites for hydroxylation is 1. The third-order valence-corrected chi connectivity index (χ3v) is 4.99. The number of aliphatic imine (C=N–C) groups is 1. The predicted molar refractivity (Wildman–Crippen MR) is 101 cm³/mol. The van der Waals surface area contributed by atoms with Gasteiger partial charge in [0.15, 0.2) is 0 Å². The summed E-state index contributed by atoms with van der Waals surface area (Å²) in [7, 11) is 1.98. The highest BCUT2D eigenvalue weighted by atomic mass is 32.1. The molecule has 1 aromatic heterocycles. The number of thiophene rings is 1. The number of hydrogen-bond acceptors (Lipinski definition) is 4. The van der Waals surface area contributed by atoms with Gasteiger partial charge in [0, 0.05) is 23.3 Å². The SMILES string of the molecule is CCN(C)/C=N/c1ccc(C(=O)OCc2ccc(C)s2)c(C)c1C. The Morgan fingerprint density at radius 3 is 2.58 bits per heavy atom. The molecule has 0 N–H and O–H groups in total. The number of hydrogen-bond donors (Lipinski definition) is 0. The first-order valence-electron chi connectivity index (χ1n) is 7.99. The standard InChI is InChI=1S/C19H24N2O2S/c1-6-21(5)12-20-18-10-9-17(14(3)15(18)4)19(22)23-11-16-8-7-13(2)24-16/h7-10,12H,6,11H2,1-5H3/b20-12+. The smallest absolute Gasteiger partial charge is 0.338 e. The second-order valence-corrected chi connectivity index (χ2v) is 7.16. The van der Waals surface area contributed by atoms with Gasteiger partial charge in [-0.25, -0.2) is 9.79 Å². The van der Waals surface area contributed by atoms with E-state index in [0.29, 0.717) is 12.2 Å². The monoisotopic (exact) mass is 344 g/mol. The Hall–Kier alpha value is -2.14. The number of esters is 1. The molecule has 0 radical (unpaired) electrons. The Balaban J connectivity index is 2.11. The Morgan fingerprint density at radius 1 is 1.21 bits per heavy atom. The van der Waals surface area contributed by atoms with Crippen molar-refractivity contribution >= 4 is 29.3 Å². The third kappa shape index (κ3) is 4.45. The van der Waals surface area contributed by atoms with E-state index in [-0.39, 0.29) is 5.97 Å². The molecule has 0 aliphatic heterocycles. The zero-order valence-corrected chi connectivity index (χ0v) is 15.7. The van der Waals surface area contributed by atoms with Crippen molar-refractivity contribution in [2.75, 3.05) is 13.6 Å². The molecule has 2 rings (SSSR count). The first kappa shape index (κ1) is 18.2. The summed E-state index contributed by atoms with van der Waals surface area (Å²) >= 11 is 1.65. The largest absolute Gasteiger partial charge is 0.456 e. The van der Waals surface area contributed by atoms with Crippen LogP contribution in [0, 0.1) is 20.8 Å². The molecule has 5 heteroatoms. The van der Waals surface area contributed by atoms with Crippen molar-refractivity contribution in [2.45, 2.75) is 34.3 Å². The van der Waals surface area contributed by atoms with Crippen LogP contribution in [0.5, 0.6) is 0 Å². The van der Waals surface area contributed by atoms with Gasteiger partial charge in [0.05, 0.1) is 17.6 Å². The normalized spacial score (nSPS) is 11.0. The average Bonchev–Trinajstić information content (AvgIpc) is 2.99. The maximum atomic E-state index is 12.4. The molecule has 4 nitrogen and oxygen atoms in total. The highest BCUT2D eigenvalue weighted by Gasteiger charge is 2.14. The number of ether oxygens (including phenoxy) is 1. The van der Waals surface area contributed by atoms with Crippen LogP contribution in [0.3, 0.4) is 0 Å². The van der Waals surface area contributed by atoms with E-state index < -0.39 is 0 Å². The zero-order valence-electron chi connectivity index (χ0n) is 14.9. The van der Waals surface area contributed by atoms with Crippen molar-refractivity contribution < 1.29 is 9.53 Å². The predicted octanol–water partition coefficient (Wildman–Crippen LogP) is 4.64. The van der Waals surface area contributed by atoms with Gasteiger partial charge in [-0.1, -0.05) is 0 Å². The number of nitrogens with zero attached hydrogens (tertiary/aromatic N) is 2.